The second-order valence-electron chi connectivity index (χ2n) is 2.92. The lowest BCUT2D eigenvalue weighted by atomic mass is 10.1. The molecule has 0 atom stereocenters. The van der Waals surface area contributed by atoms with Gasteiger partial charge in [-0.15, -0.1) is 0 Å². The Morgan fingerprint density at radius 3 is 2.56 bits per heavy atom. The van der Waals surface area contributed by atoms with E-state index in [0.717, 1.165) is 0 Å². The average molecular weight is 223 g/mol. The summed E-state index contributed by atoms with van der Waals surface area (Å²) in [5.74, 6) is -0.629. The number of carbonyl (C=O) groups is 2. The number of nitrogens with zero attached hydrogens (tertiary/aromatic N) is 1. The first-order valence-corrected chi connectivity index (χ1v) is 4.45. The number of halogens is 1. The van der Waals surface area contributed by atoms with Crippen LogP contribution in [0.4, 0.5) is 9.18 Å². The van der Waals surface area contributed by atoms with Crippen LogP contribution >= 0.6 is 0 Å². The number of nitrogens with two attached hydrogens (primary N) is 1. The Bertz CT molecular complexity index is 415. The maximum Gasteiger partial charge on any atom is 0.332 e. The molecule has 3 N–H and O–H groups in total. The molecule has 84 valence electrons. The second kappa shape index (κ2) is 5.59. The molecule has 1 rings (SSSR count). The van der Waals surface area contributed by atoms with E-state index in [1.807, 2.05) is 5.43 Å². The monoisotopic (exact) mass is 223 g/mol. The fourth-order valence-electron chi connectivity index (χ4n) is 0.991. The Labute approximate surface area is 91.1 Å². The molecule has 0 spiro atoms. The standard InChI is InChI=1S/C10H10FN3O2/c11-8-3-1-7(2-4-8)9(15)5-6-13-14-10(12)16/h1-4,6H,5H2,(H3,12,14,16)/b13-6-. The molecule has 0 aliphatic carbocycles. The highest BCUT2D eigenvalue weighted by Crippen LogP contribution is 2.04. The topological polar surface area (TPSA) is 84.6 Å². The van der Waals surface area contributed by atoms with Crippen molar-refractivity contribution in [3.05, 3.63) is 35.6 Å². The van der Waals surface area contributed by atoms with Crippen LogP contribution in [0.5, 0.6) is 0 Å². The molecule has 2 amide bonds. The summed E-state index contributed by atoms with van der Waals surface area (Å²) in [5, 5.41) is 3.41. The third kappa shape index (κ3) is 3.87. The molecule has 0 aliphatic rings. The van der Waals surface area contributed by atoms with Crippen molar-refractivity contribution in [3.63, 3.8) is 0 Å². The zero-order chi connectivity index (χ0) is 12.0. The Kier molecular flexibility index (Phi) is 4.14. The van der Waals surface area contributed by atoms with Crippen LogP contribution in [-0.2, 0) is 0 Å². The van der Waals surface area contributed by atoms with Crippen LogP contribution in [0.25, 0.3) is 0 Å². The SMILES string of the molecule is NC(=O)N/N=C\CC(=O)c1ccc(F)cc1. The normalized spacial score (nSPS) is 10.3. The summed E-state index contributed by atoms with van der Waals surface area (Å²) < 4.78 is 12.5. The highest BCUT2D eigenvalue weighted by atomic mass is 19.1. The van der Waals surface area contributed by atoms with Gasteiger partial charge in [0.05, 0.1) is 0 Å². The van der Waals surface area contributed by atoms with Crippen molar-refractivity contribution in [2.75, 3.05) is 0 Å². The van der Waals surface area contributed by atoms with Crippen LogP contribution in [0.15, 0.2) is 29.4 Å². The van der Waals surface area contributed by atoms with Gasteiger partial charge in [0, 0.05) is 18.2 Å². The van der Waals surface area contributed by atoms with Gasteiger partial charge in [0.1, 0.15) is 5.82 Å². The minimum absolute atomic E-state index is 0.00587. The number of amides is 2. The summed E-state index contributed by atoms with van der Waals surface area (Å²) in [4.78, 5) is 21.7. The predicted molar refractivity (Wildman–Crippen MR) is 56.6 cm³/mol. The van der Waals surface area contributed by atoms with Gasteiger partial charge in [0.15, 0.2) is 5.78 Å². The summed E-state index contributed by atoms with van der Waals surface area (Å²) in [5.41, 5.74) is 7.09. The maximum absolute atomic E-state index is 12.5. The molecule has 0 unspecified atom stereocenters. The summed E-state index contributed by atoms with van der Waals surface area (Å²) in [7, 11) is 0. The zero-order valence-corrected chi connectivity index (χ0v) is 8.31. The van der Waals surface area contributed by atoms with E-state index in [2.05, 4.69) is 5.10 Å². The number of hydrogen-bond acceptors (Lipinski definition) is 3. The molecule has 0 bridgehead atoms. The maximum atomic E-state index is 12.5. The van der Waals surface area contributed by atoms with Crippen LogP contribution in [0.3, 0.4) is 0 Å². The summed E-state index contributed by atoms with van der Waals surface area (Å²) in [6.07, 6.45) is 1.22. The van der Waals surface area contributed by atoms with E-state index >= 15 is 0 Å². The van der Waals surface area contributed by atoms with Crippen molar-refractivity contribution >= 4 is 18.0 Å². The van der Waals surface area contributed by atoms with E-state index in [9.17, 15) is 14.0 Å². The van der Waals surface area contributed by atoms with Crippen LogP contribution < -0.4 is 11.2 Å². The lowest BCUT2D eigenvalue weighted by Gasteiger charge is -1.96. The highest BCUT2D eigenvalue weighted by Gasteiger charge is 2.03. The van der Waals surface area contributed by atoms with Gasteiger partial charge in [-0.2, -0.15) is 5.10 Å². The lowest BCUT2D eigenvalue weighted by Crippen LogP contribution is -2.24. The van der Waals surface area contributed by atoms with Crippen molar-refractivity contribution in [1.82, 2.24) is 5.43 Å². The smallest absolute Gasteiger partial charge is 0.332 e. The Morgan fingerprint density at radius 2 is 2.00 bits per heavy atom. The van der Waals surface area contributed by atoms with Crippen molar-refractivity contribution < 1.29 is 14.0 Å². The zero-order valence-electron chi connectivity index (χ0n) is 8.31. The number of Topliss-reactive ketones (excluding diaryl/α,β-unsaturated/α-hetero) is 1. The van der Waals surface area contributed by atoms with Gasteiger partial charge in [-0.25, -0.2) is 14.6 Å². The fourth-order valence-corrected chi connectivity index (χ4v) is 0.991. The molecule has 0 heterocycles. The van der Waals surface area contributed by atoms with Crippen LogP contribution in [0.1, 0.15) is 16.8 Å². The molecule has 6 heteroatoms. The fraction of sp³-hybridized carbons (Fsp3) is 0.100. The largest absolute Gasteiger partial charge is 0.350 e. The van der Waals surface area contributed by atoms with E-state index in [1.165, 1.54) is 30.5 Å². The van der Waals surface area contributed by atoms with Crippen LogP contribution in [0, 0.1) is 5.82 Å². The lowest BCUT2D eigenvalue weighted by molar-refractivity contribution is 0.100. The summed E-state index contributed by atoms with van der Waals surface area (Å²) >= 11 is 0. The molecular formula is C10H10FN3O2. The Balaban J connectivity index is 2.50. The minimum Gasteiger partial charge on any atom is -0.350 e. The van der Waals surface area contributed by atoms with Crippen LogP contribution in [-0.4, -0.2) is 18.0 Å². The van der Waals surface area contributed by atoms with E-state index in [4.69, 9.17) is 5.73 Å². The molecule has 0 saturated carbocycles. The average Bonchev–Trinajstić information content (AvgIpc) is 2.25. The first-order valence-electron chi connectivity index (χ1n) is 4.45. The third-order valence-corrected chi connectivity index (χ3v) is 1.71. The van der Waals surface area contributed by atoms with Gasteiger partial charge < -0.3 is 5.73 Å². The second-order valence-corrected chi connectivity index (χ2v) is 2.92. The number of urea groups is 1. The van der Waals surface area contributed by atoms with E-state index in [1.54, 1.807) is 0 Å². The molecule has 0 aromatic heterocycles. The molecule has 0 saturated heterocycles. The number of carbonyl (C=O) groups excluding carboxylic acids is 2. The van der Waals surface area contributed by atoms with Gasteiger partial charge in [0.25, 0.3) is 0 Å². The number of nitrogens with one attached hydrogen (secondary N) is 1. The number of benzene rings is 1. The minimum atomic E-state index is -0.800. The molecular weight excluding hydrogens is 213 g/mol. The molecule has 0 fully saturated rings. The van der Waals surface area contributed by atoms with Crippen molar-refractivity contribution in [2.24, 2.45) is 10.8 Å². The van der Waals surface area contributed by atoms with Crippen LogP contribution in [0.2, 0.25) is 0 Å². The summed E-state index contributed by atoms with van der Waals surface area (Å²) in [6.45, 7) is 0. The van der Waals surface area contributed by atoms with Crippen molar-refractivity contribution in [2.45, 2.75) is 6.42 Å². The Hall–Kier alpha value is -2.24. The molecule has 0 radical (unpaired) electrons. The van der Waals surface area contributed by atoms with E-state index in [0.29, 0.717) is 5.56 Å². The first kappa shape index (κ1) is 11.8. The Morgan fingerprint density at radius 1 is 1.38 bits per heavy atom. The van der Waals surface area contributed by atoms with E-state index < -0.39 is 11.8 Å². The molecule has 1 aromatic rings. The molecule has 5 nitrogen and oxygen atoms in total. The number of primary amides is 1. The molecule has 0 aliphatic heterocycles. The number of hydrogen-bond donors (Lipinski definition) is 2. The van der Waals surface area contributed by atoms with E-state index in [-0.39, 0.29) is 12.2 Å². The third-order valence-electron chi connectivity index (χ3n) is 1.71. The number of rotatable bonds is 4. The van der Waals surface area contributed by atoms with Gasteiger partial charge in [-0.05, 0) is 24.3 Å². The highest BCUT2D eigenvalue weighted by molar-refractivity contribution is 6.03. The van der Waals surface area contributed by atoms with Gasteiger partial charge in [-0.3, -0.25) is 4.79 Å². The summed E-state index contributed by atoms with van der Waals surface area (Å²) in [6, 6.07) is 4.36. The van der Waals surface area contributed by atoms with Gasteiger partial charge in [0.2, 0.25) is 0 Å². The molecule has 1 aromatic carbocycles. The number of hydrazone groups is 1. The van der Waals surface area contributed by atoms with Crippen molar-refractivity contribution in [3.8, 4) is 0 Å². The first-order chi connectivity index (χ1) is 7.59. The quantitative estimate of drug-likeness (QED) is 0.454. The van der Waals surface area contributed by atoms with Crippen molar-refractivity contribution in [1.29, 1.82) is 0 Å². The van der Waals surface area contributed by atoms with Gasteiger partial charge in [-0.1, -0.05) is 0 Å². The van der Waals surface area contributed by atoms with Gasteiger partial charge >= 0.3 is 6.03 Å². The predicted octanol–water partition coefficient (Wildman–Crippen LogP) is 1.05. The molecule has 16 heavy (non-hydrogen) atoms. The number of ketones is 1.